The lowest BCUT2D eigenvalue weighted by Crippen LogP contribution is -2.30. The Morgan fingerprint density at radius 3 is 2.27 bits per heavy atom. The minimum Gasteiger partial charge on any atom is -0.454 e. The molecule has 15 heavy (non-hydrogen) atoms. The average Bonchev–Trinajstić information content (AvgIpc) is 2.12. The number of alkyl halides is 1. The molecule has 0 saturated carbocycles. The molecule has 88 valence electrons. The lowest BCUT2D eigenvalue weighted by molar-refractivity contribution is -0.160. The molecule has 0 saturated heterocycles. The van der Waals surface area contributed by atoms with Gasteiger partial charge in [-0.2, -0.15) is 0 Å². The van der Waals surface area contributed by atoms with Gasteiger partial charge in [-0.1, -0.05) is 15.9 Å². The summed E-state index contributed by atoms with van der Waals surface area (Å²) in [5.41, 5.74) is -0.278. The van der Waals surface area contributed by atoms with E-state index in [2.05, 4.69) is 15.9 Å². The van der Waals surface area contributed by atoms with Gasteiger partial charge in [-0.15, -0.1) is 0 Å². The highest BCUT2D eigenvalue weighted by Crippen LogP contribution is 2.08. The molecule has 1 unspecified atom stereocenters. The topological polar surface area (TPSA) is 52.6 Å². The van der Waals surface area contributed by atoms with Crippen molar-refractivity contribution in [3.8, 4) is 0 Å². The van der Waals surface area contributed by atoms with E-state index < -0.39 is 17.9 Å². The Morgan fingerprint density at radius 2 is 1.87 bits per heavy atom. The van der Waals surface area contributed by atoms with E-state index >= 15 is 0 Å². The van der Waals surface area contributed by atoms with Crippen molar-refractivity contribution < 1.29 is 19.1 Å². The summed E-state index contributed by atoms with van der Waals surface area (Å²) in [6, 6.07) is 0. The Labute approximate surface area is 98.4 Å². The Hall–Kier alpha value is -0.420. The fourth-order valence-electron chi connectivity index (χ4n) is 0.704. The largest absolute Gasteiger partial charge is 0.454 e. The highest BCUT2D eigenvalue weighted by Gasteiger charge is 2.19. The third-order valence-electron chi connectivity index (χ3n) is 1.41. The molecule has 0 rings (SSSR count). The van der Waals surface area contributed by atoms with E-state index in [-0.39, 0.29) is 17.5 Å². The van der Waals surface area contributed by atoms with Crippen LogP contribution in [0.1, 0.15) is 27.7 Å². The molecule has 0 aliphatic heterocycles. The highest BCUT2D eigenvalue weighted by molar-refractivity contribution is 9.09. The normalized spacial score (nSPS) is 13.4. The molecule has 0 aromatic rings. The minimum absolute atomic E-state index is 0.0152. The molecule has 0 aromatic carbocycles. The van der Waals surface area contributed by atoms with Crippen LogP contribution >= 0.6 is 15.9 Å². The summed E-state index contributed by atoms with van der Waals surface area (Å²) in [7, 11) is 0. The van der Waals surface area contributed by atoms with Crippen molar-refractivity contribution in [1.29, 1.82) is 0 Å². The van der Waals surface area contributed by atoms with E-state index in [9.17, 15) is 9.59 Å². The van der Waals surface area contributed by atoms with Crippen LogP contribution in [0.15, 0.2) is 0 Å². The van der Waals surface area contributed by atoms with Gasteiger partial charge in [-0.25, -0.2) is 4.79 Å². The predicted molar refractivity (Wildman–Crippen MR) is 60.1 cm³/mol. The number of ketones is 1. The Balaban J connectivity index is 3.89. The summed E-state index contributed by atoms with van der Waals surface area (Å²) in [5.74, 6) is -1.41. The number of hydrogen-bond acceptors (Lipinski definition) is 4. The van der Waals surface area contributed by atoms with E-state index in [1.807, 2.05) is 20.8 Å². The smallest absolute Gasteiger partial charge is 0.375 e. The van der Waals surface area contributed by atoms with Gasteiger partial charge in [-0.3, -0.25) is 4.79 Å². The molecular weight excluding hydrogens is 264 g/mol. The van der Waals surface area contributed by atoms with Crippen molar-refractivity contribution in [3.63, 3.8) is 0 Å². The molecule has 0 aromatic heterocycles. The van der Waals surface area contributed by atoms with Gasteiger partial charge < -0.3 is 9.47 Å². The highest BCUT2D eigenvalue weighted by atomic mass is 79.9. The lowest BCUT2D eigenvalue weighted by atomic mass is 10.2. The Kier molecular flexibility index (Phi) is 6.05. The van der Waals surface area contributed by atoms with Gasteiger partial charge in [0.1, 0.15) is 6.10 Å². The third kappa shape index (κ3) is 7.50. The molecule has 0 aliphatic carbocycles. The quantitative estimate of drug-likeness (QED) is 0.437. The van der Waals surface area contributed by atoms with Crippen molar-refractivity contribution in [2.45, 2.75) is 39.4 Å². The first kappa shape index (κ1) is 14.6. The summed E-state index contributed by atoms with van der Waals surface area (Å²) in [6.07, 6.45) is -0.417. The maximum atomic E-state index is 11.1. The number of halogens is 1. The zero-order valence-electron chi connectivity index (χ0n) is 9.50. The summed E-state index contributed by atoms with van der Waals surface area (Å²) in [6.45, 7) is 7.69. The summed E-state index contributed by atoms with van der Waals surface area (Å²) in [5, 5.41) is -0.0152. The zero-order valence-corrected chi connectivity index (χ0v) is 11.1. The second-order valence-electron chi connectivity index (χ2n) is 4.20. The van der Waals surface area contributed by atoms with E-state index in [0.29, 0.717) is 0 Å². The number of Topliss-reactive ketones (excluding diaryl/α,β-unsaturated/α-hetero) is 1. The monoisotopic (exact) mass is 280 g/mol. The van der Waals surface area contributed by atoms with Gasteiger partial charge >= 0.3 is 5.97 Å². The van der Waals surface area contributed by atoms with Gasteiger partial charge in [0.25, 0.3) is 5.78 Å². The SMILES string of the molecule is CC(COC(C)(C)C)OC(=O)C(=O)CBr. The van der Waals surface area contributed by atoms with E-state index in [1.54, 1.807) is 6.92 Å². The van der Waals surface area contributed by atoms with Gasteiger partial charge in [0, 0.05) is 0 Å². The van der Waals surface area contributed by atoms with Gasteiger partial charge in [-0.05, 0) is 27.7 Å². The van der Waals surface area contributed by atoms with Gasteiger partial charge in [0.2, 0.25) is 0 Å². The molecule has 0 spiro atoms. The van der Waals surface area contributed by atoms with E-state index in [1.165, 1.54) is 0 Å². The number of esters is 1. The maximum absolute atomic E-state index is 11.1. The predicted octanol–water partition coefficient (Wildman–Crippen LogP) is 1.70. The number of rotatable bonds is 5. The Bertz CT molecular complexity index is 232. The molecule has 0 bridgehead atoms. The molecule has 0 amide bonds. The van der Waals surface area contributed by atoms with Crippen LogP contribution < -0.4 is 0 Å². The second kappa shape index (κ2) is 6.23. The van der Waals surface area contributed by atoms with Crippen molar-refractivity contribution in [1.82, 2.24) is 0 Å². The summed E-state index contributed by atoms with van der Waals surface area (Å²) in [4.78, 5) is 21.9. The van der Waals surface area contributed by atoms with Gasteiger partial charge in [0.05, 0.1) is 17.5 Å². The summed E-state index contributed by atoms with van der Waals surface area (Å²) >= 11 is 2.89. The zero-order chi connectivity index (χ0) is 12.1. The maximum Gasteiger partial charge on any atom is 0.375 e. The van der Waals surface area contributed by atoms with Crippen LogP contribution in [0.4, 0.5) is 0 Å². The first-order chi connectivity index (χ1) is 6.76. The van der Waals surface area contributed by atoms with Crippen LogP contribution in [0.3, 0.4) is 0 Å². The van der Waals surface area contributed by atoms with Crippen molar-refractivity contribution >= 4 is 27.7 Å². The molecular formula is C10H17BrO4. The first-order valence-electron chi connectivity index (χ1n) is 4.70. The fraction of sp³-hybridized carbons (Fsp3) is 0.800. The van der Waals surface area contributed by atoms with Crippen molar-refractivity contribution in [2.24, 2.45) is 0 Å². The molecule has 1 atom stereocenters. The molecule has 0 heterocycles. The van der Waals surface area contributed by atoms with Crippen LogP contribution in [0, 0.1) is 0 Å². The standard InChI is InChI=1S/C10H17BrO4/c1-7(6-14-10(2,3)4)15-9(13)8(12)5-11/h7H,5-6H2,1-4H3. The minimum atomic E-state index is -0.822. The number of carbonyl (C=O) groups excluding carboxylic acids is 2. The van der Waals surface area contributed by atoms with Crippen LogP contribution in [0.5, 0.6) is 0 Å². The van der Waals surface area contributed by atoms with Crippen LogP contribution in [0.2, 0.25) is 0 Å². The molecule has 0 N–H and O–H groups in total. The van der Waals surface area contributed by atoms with Gasteiger partial charge in [0.15, 0.2) is 0 Å². The van der Waals surface area contributed by atoms with Crippen molar-refractivity contribution in [2.75, 3.05) is 11.9 Å². The number of carbonyl (C=O) groups is 2. The Morgan fingerprint density at radius 1 is 1.33 bits per heavy atom. The molecule has 0 fully saturated rings. The second-order valence-corrected chi connectivity index (χ2v) is 4.76. The third-order valence-corrected chi connectivity index (χ3v) is 1.92. The summed E-state index contributed by atoms with van der Waals surface area (Å²) < 4.78 is 10.3. The van der Waals surface area contributed by atoms with Crippen LogP contribution in [-0.4, -0.2) is 35.4 Å². The first-order valence-corrected chi connectivity index (χ1v) is 5.82. The molecule has 0 aliphatic rings. The van der Waals surface area contributed by atoms with E-state index in [4.69, 9.17) is 9.47 Å². The van der Waals surface area contributed by atoms with E-state index in [0.717, 1.165) is 0 Å². The number of ether oxygens (including phenoxy) is 2. The van der Waals surface area contributed by atoms with Crippen LogP contribution in [-0.2, 0) is 19.1 Å². The molecule has 4 nitrogen and oxygen atoms in total. The van der Waals surface area contributed by atoms with Crippen LogP contribution in [0.25, 0.3) is 0 Å². The lowest BCUT2D eigenvalue weighted by Gasteiger charge is -2.22. The average molecular weight is 281 g/mol. The fourth-order valence-corrected chi connectivity index (χ4v) is 0.933. The molecule has 0 radical (unpaired) electrons. The number of hydrogen-bond donors (Lipinski definition) is 0. The molecule has 5 heteroatoms. The van der Waals surface area contributed by atoms with Crippen molar-refractivity contribution in [3.05, 3.63) is 0 Å².